The highest BCUT2D eigenvalue weighted by molar-refractivity contribution is 9.10. The zero-order valence-electron chi connectivity index (χ0n) is 15.2. The van der Waals surface area contributed by atoms with E-state index < -0.39 is 5.97 Å². The van der Waals surface area contributed by atoms with Crippen LogP contribution in [0.25, 0.3) is 0 Å². The van der Waals surface area contributed by atoms with Crippen LogP contribution in [0.15, 0.2) is 53.0 Å². The summed E-state index contributed by atoms with van der Waals surface area (Å²) in [6.45, 7) is -0.499. The second-order valence-corrected chi connectivity index (χ2v) is 7.70. The molecule has 2 aromatic rings. The third kappa shape index (κ3) is 5.93. The first-order chi connectivity index (χ1) is 13.1. The van der Waals surface area contributed by atoms with Gasteiger partial charge in [0.05, 0.1) is 0 Å². The number of rotatable bonds is 7. The highest BCUT2D eigenvalue weighted by atomic mass is 79.9. The van der Waals surface area contributed by atoms with Crippen LogP contribution >= 0.6 is 15.9 Å². The molecule has 0 aromatic heterocycles. The monoisotopic (exact) mass is 430 g/mol. The van der Waals surface area contributed by atoms with Gasteiger partial charge in [0.1, 0.15) is 5.75 Å². The van der Waals surface area contributed by atoms with Gasteiger partial charge in [0.15, 0.2) is 19.0 Å². The molecule has 0 atom stereocenters. The number of carbonyl (C=O) groups excluding carboxylic acids is 2. The first-order valence-electron chi connectivity index (χ1n) is 9.29. The maximum absolute atomic E-state index is 12.2. The summed E-state index contributed by atoms with van der Waals surface area (Å²) >= 11 is 3.33. The molecule has 1 aliphatic carbocycles. The molecular formula is C22H23BrO4. The van der Waals surface area contributed by atoms with E-state index in [-0.39, 0.29) is 19.0 Å². The molecule has 0 amide bonds. The fourth-order valence-electron chi connectivity index (χ4n) is 3.32. The third-order valence-electron chi connectivity index (χ3n) is 4.84. The van der Waals surface area contributed by atoms with Crippen molar-refractivity contribution in [1.82, 2.24) is 0 Å². The Kier molecular flexibility index (Phi) is 7.04. The average Bonchev–Trinajstić information content (AvgIpc) is 2.72. The second-order valence-electron chi connectivity index (χ2n) is 6.78. The minimum Gasteiger partial charge on any atom is -0.482 e. The van der Waals surface area contributed by atoms with E-state index in [9.17, 15) is 9.59 Å². The van der Waals surface area contributed by atoms with E-state index in [1.807, 2.05) is 36.4 Å². The molecule has 1 aliphatic rings. The van der Waals surface area contributed by atoms with Crippen LogP contribution in [0.5, 0.6) is 5.75 Å². The fourth-order valence-corrected chi connectivity index (χ4v) is 3.59. The van der Waals surface area contributed by atoms with Gasteiger partial charge in [0.25, 0.3) is 0 Å². The van der Waals surface area contributed by atoms with Crippen LogP contribution in [0.2, 0.25) is 0 Å². The molecule has 0 aliphatic heterocycles. The van der Waals surface area contributed by atoms with Crippen LogP contribution in [0.4, 0.5) is 0 Å². The summed E-state index contributed by atoms with van der Waals surface area (Å²) in [5, 5.41) is 0. The fraction of sp³-hybridized carbons (Fsp3) is 0.364. The zero-order chi connectivity index (χ0) is 19.1. The van der Waals surface area contributed by atoms with E-state index in [0.29, 0.717) is 17.2 Å². The van der Waals surface area contributed by atoms with Crippen molar-refractivity contribution in [3.05, 3.63) is 64.1 Å². The largest absolute Gasteiger partial charge is 0.482 e. The molecule has 0 radical (unpaired) electrons. The van der Waals surface area contributed by atoms with Gasteiger partial charge in [-0.05, 0) is 48.6 Å². The van der Waals surface area contributed by atoms with Gasteiger partial charge in [0.2, 0.25) is 0 Å². The number of ketones is 1. The minimum atomic E-state index is -0.565. The lowest BCUT2D eigenvalue weighted by Crippen LogP contribution is -2.19. The molecule has 0 N–H and O–H groups in total. The van der Waals surface area contributed by atoms with E-state index in [0.717, 1.165) is 4.47 Å². The van der Waals surface area contributed by atoms with Crippen molar-refractivity contribution in [2.75, 3.05) is 13.2 Å². The summed E-state index contributed by atoms with van der Waals surface area (Å²) in [6.07, 6.45) is 6.34. The van der Waals surface area contributed by atoms with Crippen molar-refractivity contribution >= 4 is 27.7 Å². The van der Waals surface area contributed by atoms with Gasteiger partial charge in [-0.25, -0.2) is 4.79 Å². The lowest BCUT2D eigenvalue weighted by atomic mass is 9.84. The van der Waals surface area contributed by atoms with Crippen LogP contribution in [0, 0.1) is 0 Å². The van der Waals surface area contributed by atoms with Crippen LogP contribution < -0.4 is 4.74 Å². The zero-order valence-corrected chi connectivity index (χ0v) is 16.7. The summed E-state index contributed by atoms with van der Waals surface area (Å²) in [6, 6.07) is 14.9. The predicted molar refractivity (Wildman–Crippen MR) is 107 cm³/mol. The molecule has 0 spiro atoms. The number of esters is 1. The number of Topliss-reactive ketones (excluding diaryl/α,β-unsaturated/α-hetero) is 1. The molecule has 2 aromatic carbocycles. The maximum Gasteiger partial charge on any atom is 0.344 e. The minimum absolute atomic E-state index is 0.206. The van der Waals surface area contributed by atoms with Gasteiger partial charge in [-0.2, -0.15) is 0 Å². The first-order valence-corrected chi connectivity index (χ1v) is 10.1. The van der Waals surface area contributed by atoms with Gasteiger partial charge in [-0.1, -0.05) is 59.5 Å². The number of hydrogen-bond donors (Lipinski definition) is 0. The molecule has 0 heterocycles. The normalized spacial score (nSPS) is 14.6. The Morgan fingerprint density at radius 2 is 1.56 bits per heavy atom. The topological polar surface area (TPSA) is 52.6 Å². The highest BCUT2D eigenvalue weighted by Gasteiger charge is 2.16. The van der Waals surface area contributed by atoms with Gasteiger partial charge < -0.3 is 9.47 Å². The summed E-state index contributed by atoms with van der Waals surface area (Å²) in [5.41, 5.74) is 1.86. The van der Waals surface area contributed by atoms with Crippen molar-refractivity contribution < 1.29 is 19.1 Å². The van der Waals surface area contributed by atoms with Gasteiger partial charge in [0, 0.05) is 10.0 Å². The predicted octanol–water partition coefficient (Wildman–Crippen LogP) is 5.30. The van der Waals surface area contributed by atoms with Crippen molar-refractivity contribution in [3.8, 4) is 5.75 Å². The molecule has 142 valence electrons. The van der Waals surface area contributed by atoms with Crippen molar-refractivity contribution in [2.24, 2.45) is 0 Å². The summed E-state index contributed by atoms with van der Waals surface area (Å²) in [4.78, 5) is 24.0. The van der Waals surface area contributed by atoms with Crippen LogP contribution in [0.1, 0.15) is 53.9 Å². The molecule has 0 unspecified atom stereocenters. The van der Waals surface area contributed by atoms with Crippen molar-refractivity contribution in [2.45, 2.75) is 38.0 Å². The smallest absolute Gasteiger partial charge is 0.344 e. The first kappa shape index (κ1) is 19.6. The summed E-state index contributed by atoms with van der Waals surface area (Å²) < 4.78 is 11.3. The molecule has 1 fully saturated rings. The number of halogens is 1. The molecule has 1 saturated carbocycles. The van der Waals surface area contributed by atoms with E-state index in [2.05, 4.69) is 15.9 Å². The summed E-state index contributed by atoms with van der Waals surface area (Å²) in [7, 11) is 0. The molecule has 3 rings (SSSR count). The Labute approximate surface area is 168 Å². The average molecular weight is 431 g/mol. The van der Waals surface area contributed by atoms with Crippen molar-refractivity contribution in [3.63, 3.8) is 0 Å². The molecule has 5 heteroatoms. The highest BCUT2D eigenvalue weighted by Crippen LogP contribution is 2.32. The maximum atomic E-state index is 12.2. The Morgan fingerprint density at radius 1 is 0.889 bits per heavy atom. The van der Waals surface area contributed by atoms with E-state index in [1.54, 1.807) is 12.1 Å². The standard InChI is InChI=1S/C22H23BrO4/c23-19-10-12-20(13-11-19)26-15-22(25)27-14-21(24)18-8-6-17(7-9-18)16-4-2-1-3-5-16/h6-13,16H,1-5,14-15H2. The SMILES string of the molecule is O=C(COc1ccc(Br)cc1)OCC(=O)c1ccc(C2CCCCC2)cc1. The molecule has 4 nitrogen and oxygen atoms in total. The molecular weight excluding hydrogens is 408 g/mol. The summed E-state index contributed by atoms with van der Waals surface area (Å²) in [5.74, 6) is 0.406. The second kappa shape index (κ2) is 9.70. The van der Waals surface area contributed by atoms with E-state index in [4.69, 9.17) is 9.47 Å². The Bertz CT molecular complexity index is 762. The number of benzene rings is 2. The Balaban J connectivity index is 1.44. The van der Waals surface area contributed by atoms with E-state index in [1.165, 1.54) is 37.7 Å². The van der Waals surface area contributed by atoms with Gasteiger partial charge in [-0.15, -0.1) is 0 Å². The quantitative estimate of drug-likeness (QED) is 0.441. The number of hydrogen-bond acceptors (Lipinski definition) is 4. The van der Waals surface area contributed by atoms with Gasteiger partial charge >= 0.3 is 5.97 Å². The van der Waals surface area contributed by atoms with Crippen molar-refractivity contribution in [1.29, 1.82) is 0 Å². The van der Waals surface area contributed by atoms with Crippen LogP contribution in [-0.4, -0.2) is 25.0 Å². The molecule has 0 saturated heterocycles. The molecule has 0 bridgehead atoms. The molecule has 27 heavy (non-hydrogen) atoms. The lowest BCUT2D eigenvalue weighted by molar-refractivity contribution is -0.144. The van der Waals surface area contributed by atoms with Gasteiger partial charge in [-0.3, -0.25) is 4.79 Å². The van der Waals surface area contributed by atoms with Crippen LogP contribution in [0.3, 0.4) is 0 Å². The number of ether oxygens (including phenoxy) is 2. The third-order valence-corrected chi connectivity index (χ3v) is 5.37. The van der Waals surface area contributed by atoms with E-state index >= 15 is 0 Å². The number of carbonyl (C=O) groups is 2. The Morgan fingerprint density at radius 3 is 2.22 bits per heavy atom. The van der Waals surface area contributed by atoms with Crippen LogP contribution in [-0.2, 0) is 9.53 Å². The Hall–Kier alpha value is -2.14. The lowest BCUT2D eigenvalue weighted by Gasteiger charge is -2.22.